The van der Waals surface area contributed by atoms with E-state index in [0.717, 1.165) is 16.3 Å². The number of fused-ring (bicyclic) bond motifs is 1. The lowest BCUT2D eigenvalue weighted by Gasteiger charge is -2.10. The van der Waals surface area contributed by atoms with Gasteiger partial charge in [-0.1, -0.05) is 36.4 Å². The molecular weight excluding hydrogens is 265 g/mol. The third-order valence-corrected chi connectivity index (χ3v) is 3.47. The third-order valence-electron chi connectivity index (χ3n) is 3.47. The summed E-state index contributed by atoms with van der Waals surface area (Å²) in [6.07, 6.45) is 0. The summed E-state index contributed by atoms with van der Waals surface area (Å²) in [5.41, 5.74) is 2.15. The largest absolute Gasteiger partial charge is 0.322 e. The van der Waals surface area contributed by atoms with Crippen molar-refractivity contribution in [2.45, 2.75) is 6.92 Å². The lowest BCUT2D eigenvalue weighted by molar-refractivity contribution is 0.102. The van der Waals surface area contributed by atoms with Crippen LogP contribution in [0.25, 0.3) is 10.8 Å². The van der Waals surface area contributed by atoms with Crippen molar-refractivity contribution in [2.24, 2.45) is 0 Å². The van der Waals surface area contributed by atoms with E-state index in [2.05, 4.69) is 5.32 Å². The molecule has 2 nitrogen and oxygen atoms in total. The first-order valence-electron chi connectivity index (χ1n) is 6.70. The van der Waals surface area contributed by atoms with Crippen molar-refractivity contribution >= 4 is 22.4 Å². The molecule has 0 unspecified atom stereocenters. The average molecular weight is 279 g/mol. The van der Waals surface area contributed by atoms with Crippen LogP contribution in [0.15, 0.2) is 60.7 Å². The molecule has 1 N–H and O–H groups in total. The second-order valence-corrected chi connectivity index (χ2v) is 4.94. The molecule has 0 aliphatic heterocycles. The molecule has 104 valence electrons. The monoisotopic (exact) mass is 279 g/mol. The molecule has 0 aliphatic carbocycles. The number of amides is 1. The van der Waals surface area contributed by atoms with Crippen LogP contribution in [0.1, 0.15) is 15.9 Å². The first-order valence-corrected chi connectivity index (χ1v) is 6.70. The molecule has 0 heterocycles. The van der Waals surface area contributed by atoms with Crippen molar-refractivity contribution in [2.75, 3.05) is 5.32 Å². The second-order valence-electron chi connectivity index (χ2n) is 4.94. The highest BCUT2D eigenvalue weighted by molar-refractivity contribution is 6.13. The Balaban J connectivity index is 2.01. The van der Waals surface area contributed by atoms with Crippen molar-refractivity contribution < 1.29 is 9.18 Å². The Morgan fingerprint density at radius 3 is 2.48 bits per heavy atom. The number of hydrogen-bond donors (Lipinski definition) is 1. The SMILES string of the molecule is Cc1ccc(C(=O)Nc2cccc(F)c2)c2ccccc12. The van der Waals surface area contributed by atoms with E-state index in [1.165, 1.54) is 12.1 Å². The molecule has 0 atom stereocenters. The van der Waals surface area contributed by atoms with Gasteiger partial charge in [0.25, 0.3) is 5.91 Å². The smallest absolute Gasteiger partial charge is 0.256 e. The summed E-state index contributed by atoms with van der Waals surface area (Å²) in [4.78, 5) is 12.4. The predicted octanol–water partition coefficient (Wildman–Crippen LogP) is 4.54. The summed E-state index contributed by atoms with van der Waals surface area (Å²) in [5, 5.41) is 4.67. The van der Waals surface area contributed by atoms with Gasteiger partial charge in [-0.2, -0.15) is 0 Å². The maximum atomic E-state index is 13.2. The predicted molar refractivity (Wildman–Crippen MR) is 83.0 cm³/mol. The summed E-state index contributed by atoms with van der Waals surface area (Å²) >= 11 is 0. The van der Waals surface area contributed by atoms with E-state index < -0.39 is 0 Å². The minimum atomic E-state index is -0.374. The maximum Gasteiger partial charge on any atom is 0.256 e. The summed E-state index contributed by atoms with van der Waals surface area (Å²) in [5.74, 6) is -0.613. The summed E-state index contributed by atoms with van der Waals surface area (Å²) in [7, 11) is 0. The zero-order chi connectivity index (χ0) is 14.8. The van der Waals surface area contributed by atoms with Crippen molar-refractivity contribution in [3.05, 3.63) is 77.6 Å². The Bertz CT molecular complexity index is 826. The van der Waals surface area contributed by atoms with Gasteiger partial charge in [-0.15, -0.1) is 0 Å². The molecule has 3 heteroatoms. The fraction of sp³-hybridized carbons (Fsp3) is 0.0556. The molecule has 0 spiro atoms. The zero-order valence-electron chi connectivity index (χ0n) is 11.6. The number of anilines is 1. The van der Waals surface area contributed by atoms with Gasteiger partial charge in [0.05, 0.1) is 0 Å². The summed E-state index contributed by atoms with van der Waals surface area (Å²) in [6, 6.07) is 17.4. The zero-order valence-corrected chi connectivity index (χ0v) is 11.6. The molecule has 0 fully saturated rings. The molecule has 0 saturated carbocycles. The lowest BCUT2D eigenvalue weighted by Crippen LogP contribution is -2.12. The maximum absolute atomic E-state index is 13.2. The van der Waals surface area contributed by atoms with E-state index in [1.54, 1.807) is 18.2 Å². The molecule has 0 aliphatic rings. The van der Waals surface area contributed by atoms with Crippen molar-refractivity contribution in [3.8, 4) is 0 Å². The number of aryl methyl sites for hydroxylation is 1. The number of rotatable bonds is 2. The summed E-state index contributed by atoms with van der Waals surface area (Å²) < 4.78 is 13.2. The van der Waals surface area contributed by atoms with Crippen LogP contribution < -0.4 is 5.32 Å². The van der Waals surface area contributed by atoms with E-state index >= 15 is 0 Å². The van der Waals surface area contributed by atoms with Gasteiger partial charge in [-0.05, 0) is 47.5 Å². The number of benzene rings is 3. The fourth-order valence-electron chi connectivity index (χ4n) is 2.41. The molecular formula is C18H14FNO. The van der Waals surface area contributed by atoms with Crippen LogP contribution in [-0.4, -0.2) is 5.91 Å². The number of carbonyl (C=O) groups is 1. The second kappa shape index (κ2) is 5.37. The molecule has 1 amide bonds. The Kier molecular flexibility index (Phi) is 3.40. The lowest BCUT2D eigenvalue weighted by atomic mass is 10.00. The van der Waals surface area contributed by atoms with E-state index in [9.17, 15) is 9.18 Å². The molecule has 21 heavy (non-hydrogen) atoms. The van der Waals surface area contributed by atoms with Crippen LogP contribution in [-0.2, 0) is 0 Å². The first-order chi connectivity index (χ1) is 10.1. The van der Waals surface area contributed by atoms with E-state index in [-0.39, 0.29) is 11.7 Å². The van der Waals surface area contributed by atoms with Gasteiger partial charge in [-0.25, -0.2) is 4.39 Å². The molecule has 3 rings (SSSR count). The molecule has 0 saturated heterocycles. The third kappa shape index (κ3) is 2.63. The minimum Gasteiger partial charge on any atom is -0.322 e. The van der Waals surface area contributed by atoms with Crippen LogP contribution in [0.5, 0.6) is 0 Å². The molecule has 3 aromatic carbocycles. The van der Waals surface area contributed by atoms with Crippen LogP contribution in [0.3, 0.4) is 0 Å². The molecule has 0 bridgehead atoms. The highest BCUT2D eigenvalue weighted by Gasteiger charge is 2.11. The van der Waals surface area contributed by atoms with Gasteiger partial charge in [0.2, 0.25) is 0 Å². The topological polar surface area (TPSA) is 29.1 Å². The number of carbonyl (C=O) groups excluding carboxylic acids is 1. The number of nitrogens with one attached hydrogen (secondary N) is 1. The van der Waals surface area contributed by atoms with E-state index in [1.807, 2.05) is 37.3 Å². The van der Waals surface area contributed by atoms with Gasteiger partial charge in [-0.3, -0.25) is 4.79 Å². The Morgan fingerprint density at radius 2 is 1.71 bits per heavy atom. The molecule has 0 aromatic heterocycles. The van der Waals surface area contributed by atoms with Crippen molar-refractivity contribution in [3.63, 3.8) is 0 Å². The van der Waals surface area contributed by atoms with Crippen LogP contribution in [0.4, 0.5) is 10.1 Å². The standard InChI is InChI=1S/C18H14FNO/c1-12-9-10-17(16-8-3-2-7-15(12)16)18(21)20-14-6-4-5-13(19)11-14/h2-11H,1H3,(H,20,21). The number of halogens is 1. The van der Waals surface area contributed by atoms with Crippen LogP contribution in [0.2, 0.25) is 0 Å². The van der Waals surface area contributed by atoms with Crippen molar-refractivity contribution in [1.29, 1.82) is 0 Å². The van der Waals surface area contributed by atoms with Crippen molar-refractivity contribution in [1.82, 2.24) is 0 Å². The van der Waals surface area contributed by atoms with Gasteiger partial charge in [0, 0.05) is 11.3 Å². The normalized spacial score (nSPS) is 10.6. The molecule has 0 radical (unpaired) electrons. The first kappa shape index (κ1) is 13.3. The minimum absolute atomic E-state index is 0.239. The van der Waals surface area contributed by atoms with Crippen LogP contribution in [0, 0.1) is 12.7 Å². The fourth-order valence-corrected chi connectivity index (χ4v) is 2.41. The Morgan fingerprint density at radius 1 is 0.952 bits per heavy atom. The van der Waals surface area contributed by atoms with Gasteiger partial charge >= 0.3 is 0 Å². The van der Waals surface area contributed by atoms with Crippen LogP contribution >= 0.6 is 0 Å². The van der Waals surface area contributed by atoms with E-state index in [0.29, 0.717) is 11.3 Å². The Labute approximate surface area is 122 Å². The average Bonchev–Trinajstić information content (AvgIpc) is 2.48. The quantitative estimate of drug-likeness (QED) is 0.733. The van der Waals surface area contributed by atoms with Gasteiger partial charge in [0.1, 0.15) is 5.82 Å². The van der Waals surface area contributed by atoms with Gasteiger partial charge in [0.15, 0.2) is 0 Å². The highest BCUT2D eigenvalue weighted by atomic mass is 19.1. The molecule has 3 aromatic rings. The Hall–Kier alpha value is -2.68. The van der Waals surface area contributed by atoms with Gasteiger partial charge < -0.3 is 5.32 Å². The number of hydrogen-bond acceptors (Lipinski definition) is 1. The summed E-state index contributed by atoms with van der Waals surface area (Å²) in [6.45, 7) is 2.01. The highest BCUT2D eigenvalue weighted by Crippen LogP contribution is 2.23. The van der Waals surface area contributed by atoms with E-state index in [4.69, 9.17) is 0 Å².